The molecule has 1 atom stereocenters. The Balaban J connectivity index is 2.02. The van der Waals surface area contributed by atoms with Crippen molar-refractivity contribution in [1.29, 1.82) is 0 Å². The van der Waals surface area contributed by atoms with E-state index in [0.29, 0.717) is 5.56 Å². The minimum atomic E-state index is -4.68. The molecule has 1 aromatic heterocycles. The second-order valence-corrected chi connectivity index (χ2v) is 4.80. The van der Waals surface area contributed by atoms with Gasteiger partial charge in [-0.2, -0.15) is 13.2 Å². The van der Waals surface area contributed by atoms with Crippen LogP contribution < -0.4 is 10.6 Å². The molecule has 23 heavy (non-hydrogen) atoms. The SMILES string of the molecule is Cc1cccc(NC(=O)N[C@@H](C)c2nc(C(F)(F)F)n[nH]2)c1F. The van der Waals surface area contributed by atoms with Gasteiger partial charge in [-0.1, -0.05) is 12.1 Å². The predicted molar refractivity (Wildman–Crippen MR) is 73.1 cm³/mol. The number of amides is 2. The summed E-state index contributed by atoms with van der Waals surface area (Å²) in [6.07, 6.45) is -4.68. The number of anilines is 1. The number of H-pyrrole nitrogens is 1. The highest BCUT2D eigenvalue weighted by Crippen LogP contribution is 2.26. The van der Waals surface area contributed by atoms with Crippen molar-refractivity contribution in [2.45, 2.75) is 26.1 Å². The quantitative estimate of drug-likeness (QED) is 0.756. The number of hydrogen-bond acceptors (Lipinski definition) is 3. The lowest BCUT2D eigenvalue weighted by Crippen LogP contribution is -2.32. The average molecular weight is 331 g/mol. The summed E-state index contributed by atoms with van der Waals surface area (Å²) in [5, 5.41) is 9.75. The van der Waals surface area contributed by atoms with Crippen LogP contribution in [0, 0.1) is 12.7 Å². The first-order valence-corrected chi connectivity index (χ1v) is 6.50. The highest BCUT2D eigenvalue weighted by molar-refractivity contribution is 5.89. The lowest BCUT2D eigenvalue weighted by Gasteiger charge is -2.13. The fourth-order valence-corrected chi connectivity index (χ4v) is 1.76. The number of urea groups is 1. The zero-order valence-electron chi connectivity index (χ0n) is 12.1. The molecule has 124 valence electrons. The Hall–Kier alpha value is -2.65. The van der Waals surface area contributed by atoms with Gasteiger partial charge in [0, 0.05) is 0 Å². The molecule has 0 saturated heterocycles. The Bertz CT molecular complexity index is 713. The molecule has 0 aliphatic heterocycles. The lowest BCUT2D eigenvalue weighted by atomic mass is 10.2. The van der Waals surface area contributed by atoms with Crippen molar-refractivity contribution >= 4 is 11.7 Å². The molecule has 10 heteroatoms. The van der Waals surface area contributed by atoms with Crippen molar-refractivity contribution in [3.05, 3.63) is 41.2 Å². The van der Waals surface area contributed by atoms with Crippen LogP contribution in [0.4, 0.5) is 28.0 Å². The minimum absolute atomic E-state index is 0.0387. The van der Waals surface area contributed by atoms with Crippen LogP contribution in [0.2, 0.25) is 0 Å². The van der Waals surface area contributed by atoms with Gasteiger partial charge in [-0.3, -0.25) is 5.10 Å². The van der Waals surface area contributed by atoms with E-state index >= 15 is 0 Å². The zero-order valence-corrected chi connectivity index (χ0v) is 12.1. The summed E-state index contributed by atoms with van der Waals surface area (Å²) in [6.45, 7) is 2.95. The monoisotopic (exact) mass is 331 g/mol. The average Bonchev–Trinajstić information content (AvgIpc) is 2.93. The maximum absolute atomic E-state index is 13.8. The van der Waals surface area contributed by atoms with Gasteiger partial charge in [0.25, 0.3) is 5.82 Å². The molecule has 0 saturated carbocycles. The fraction of sp³-hybridized carbons (Fsp3) is 0.308. The molecule has 0 aliphatic carbocycles. The fourth-order valence-electron chi connectivity index (χ4n) is 1.76. The zero-order chi connectivity index (χ0) is 17.2. The van der Waals surface area contributed by atoms with Gasteiger partial charge >= 0.3 is 12.2 Å². The van der Waals surface area contributed by atoms with E-state index in [9.17, 15) is 22.4 Å². The summed E-state index contributed by atoms with van der Waals surface area (Å²) >= 11 is 0. The van der Waals surface area contributed by atoms with E-state index in [1.807, 2.05) is 0 Å². The van der Waals surface area contributed by atoms with Crippen LogP contribution in [-0.4, -0.2) is 21.2 Å². The van der Waals surface area contributed by atoms with E-state index in [1.54, 1.807) is 6.07 Å². The van der Waals surface area contributed by atoms with E-state index in [4.69, 9.17) is 0 Å². The molecule has 2 amide bonds. The summed E-state index contributed by atoms with van der Waals surface area (Å²) in [5.41, 5.74) is 0.309. The third kappa shape index (κ3) is 3.96. The highest BCUT2D eigenvalue weighted by atomic mass is 19.4. The Morgan fingerprint density at radius 3 is 2.65 bits per heavy atom. The van der Waals surface area contributed by atoms with Crippen molar-refractivity contribution < 1.29 is 22.4 Å². The van der Waals surface area contributed by atoms with Gasteiger partial charge in [-0.05, 0) is 25.5 Å². The molecule has 2 aromatic rings. The Labute approximate surface area is 128 Å². The Morgan fingerprint density at radius 1 is 1.35 bits per heavy atom. The number of hydrogen-bond donors (Lipinski definition) is 3. The van der Waals surface area contributed by atoms with E-state index < -0.39 is 29.9 Å². The summed E-state index contributed by atoms with van der Waals surface area (Å²) < 4.78 is 51.0. The molecule has 0 bridgehead atoms. The standard InChI is InChI=1S/C13H13F4N5O/c1-6-4-3-5-8(9(6)14)19-12(23)18-7(2)10-20-11(22-21-10)13(15,16)17/h3-5,7H,1-2H3,(H2,18,19,23)(H,20,21,22)/t7-/m0/s1. The van der Waals surface area contributed by atoms with Crippen molar-refractivity contribution in [3.8, 4) is 0 Å². The smallest absolute Gasteiger partial charge is 0.328 e. The second-order valence-electron chi connectivity index (χ2n) is 4.80. The molecule has 1 heterocycles. The molecule has 3 N–H and O–H groups in total. The number of carbonyl (C=O) groups is 1. The summed E-state index contributed by atoms with van der Waals surface area (Å²) in [5.74, 6) is -2.09. The first-order chi connectivity index (χ1) is 10.7. The lowest BCUT2D eigenvalue weighted by molar-refractivity contribution is -0.144. The molecule has 0 aliphatic rings. The Morgan fingerprint density at radius 2 is 2.04 bits per heavy atom. The number of halogens is 4. The van der Waals surface area contributed by atoms with Gasteiger partial charge in [0.05, 0.1) is 11.7 Å². The van der Waals surface area contributed by atoms with Crippen LogP contribution in [0.3, 0.4) is 0 Å². The molecule has 0 unspecified atom stereocenters. The van der Waals surface area contributed by atoms with Gasteiger partial charge in [0.15, 0.2) is 0 Å². The van der Waals surface area contributed by atoms with Gasteiger partial charge < -0.3 is 10.6 Å². The largest absolute Gasteiger partial charge is 0.453 e. The van der Waals surface area contributed by atoms with E-state index in [0.717, 1.165) is 0 Å². The number of carbonyl (C=O) groups excluding carboxylic acids is 1. The maximum Gasteiger partial charge on any atom is 0.453 e. The topological polar surface area (TPSA) is 82.7 Å². The van der Waals surface area contributed by atoms with E-state index in [-0.39, 0.29) is 11.5 Å². The number of nitrogens with one attached hydrogen (secondary N) is 3. The normalized spacial score (nSPS) is 12.8. The molecular weight excluding hydrogens is 318 g/mol. The second kappa shape index (κ2) is 6.23. The number of nitrogens with zero attached hydrogens (tertiary/aromatic N) is 2. The third-order valence-electron chi connectivity index (χ3n) is 2.95. The van der Waals surface area contributed by atoms with E-state index in [2.05, 4.69) is 25.8 Å². The minimum Gasteiger partial charge on any atom is -0.328 e. The molecule has 0 radical (unpaired) electrons. The highest BCUT2D eigenvalue weighted by Gasteiger charge is 2.36. The number of aromatic nitrogens is 3. The van der Waals surface area contributed by atoms with Gasteiger partial charge in [0.2, 0.25) is 0 Å². The molecule has 2 rings (SSSR count). The van der Waals surface area contributed by atoms with Crippen LogP contribution in [0.5, 0.6) is 0 Å². The first kappa shape index (κ1) is 16.7. The molecule has 0 fully saturated rings. The third-order valence-corrected chi connectivity index (χ3v) is 2.95. The molecule has 6 nitrogen and oxygen atoms in total. The molecular formula is C13H13F4N5O. The number of aromatic amines is 1. The van der Waals surface area contributed by atoms with Crippen LogP contribution >= 0.6 is 0 Å². The maximum atomic E-state index is 13.8. The van der Waals surface area contributed by atoms with Crippen LogP contribution in [0.25, 0.3) is 0 Å². The summed E-state index contributed by atoms with van der Waals surface area (Å²) in [6, 6.07) is 2.79. The van der Waals surface area contributed by atoms with Crippen molar-refractivity contribution in [1.82, 2.24) is 20.5 Å². The van der Waals surface area contributed by atoms with Crippen LogP contribution in [-0.2, 0) is 6.18 Å². The van der Waals surface area contributed by atoms with Crippen molar-refractivity contribution in [2.24, 2.45) is 0 Å². The van der Waals surface area contributed by atoms with Gasteiger partial charge in [0.1, 0.15) is 11.6 Å². The summed E-state index contributed by atoms with van der Waals surface area (Å²) in [4.78, 5) is 15.1. The van der Waals surface area contributed by atoms with Crippen LogP contribution in [0.1, 0.15) is 30.2 Å². The van der Waals surface area contributed by atoms with Crippen LogP contribution in [0.15, 0.2) is 18.2 Å². The number of alkyl halides is 3. The van der Waals surface area contributed by atoms with E-state index in [1.165, 1.54) is 26.0 Å². The van der Waals surface area contributed by atoms with Gasteiger partial charge in [-0.15, -0.1) is 5.10 Å². The summed E-state index contributed by atoms with van der Waals surface area (Å²) in [7, 11) is 0. The van der Waals surface area contributed by atoms with Crippen molar-refractivity contribution in [3.63, 3.8) is 0 Å². The predicted octanol–water partition coefficient (Wildman–Crippen LogP) is 3.15. The van der Waals surface area contributed by atoms with Gasteiger partial charge in [-0.25, -0.2) is 14.2 Å². The van der Waals surface area contributed by atoms with Crippen molar-refractivity contribution in [2.75, 3.05) is 5.32 Å². The molecule has 0 spiro atoms. The first-order valence-electron chi connectivity index (χ1n) is 6.50. The number of rotatable bonds is 3. The number of benzene rings is 1. The number of aryl methyl sites for hydroxylation is 1. The Kier molecular flexibility index (Phi) is 4.52. The molecule has 1 aromatic carbocycles.